The van der Waals surface area contributed by atoms with Crippen molar-refractivity contribution in [2.24, 2.45) is 10.4 Å². The molecule has 3 aromatic carbocycles. The quantitative estimate of drug-likeness (QED) is 0.150. The minimum atomic E-state index is -0.793. The average molecular weight is 590 g/mol. The van der Waals surface area contributed by atoms with Gasteiger partial charge in [0.05, 0.1) is 12.0 Å². The smallest absolute Gasteiger partial charge is 0 e. The number of ether oxygens (including phenoxy) is 1. The molecule has 202 valence electrons. The van der Waals surface area contributed by atoms with E-state index >= 15 is 0 Å². The van der Waals surface area contributed by atoms with Crippen LogP contribution in [0.4, 0.5) is 0 Å². The number of hydrogen-bond acceptors (Lipinski definition) is 2. The third-order valence-corrected chi connectivity index (χ3v) is 8.72. The van der Waals surface area contributed by atoms with Crippen molar-refractivity contribution in [2.45, 2.75) is 26.8 Å². The van der Waals surface area contributed by atoms with E-state index in [9.17, 15) is 0 Å². The molecule has 0 spiro atoms. The first-order chi connectivity index (χ1) is 19.0. The van der Waals surface area contributed by atoms with Crippen molar-refractivity contribution in [3.63, 3.8) is 0 Å². The molecule has 1 saturated carbocycles. The van der Waals surface area contributed by atoms with Crippen LogP contribution in [0.5, 0.6) is 0 Å². The molecule has 2 atom stereocenters. The number of nitrogens with zero attached hydrogens (tertiary/aromatic N) is 1. The molecule has 0 aromatic heterocycles. The minimum absolute atomic E-state index is 0. The maximum atomic E-state index is 7.50. The summed E-state index contributed by atoms with van der Waals surface area (Å²) in [4.78, 5) is 5.02. The SMILES string of the molecule is CC(C)(C)[C@@H]1COC([C]2[CH][CH][CH][C]2[P@](c2ccccc2)c2ccccc2-c2ccccc2)=N1.[C-]#[O+].[C-]#[O+].[C-]#[O+].[Mn]. The maximum absolute atomic E-state index is 7.50. The van der Waals surface area contributed by atoms with E-state index in [1.54, 1.807) is 0 Å². The van der Waals surface area contributed by atoms with Crippen molar-refractivity contribution in [1.29, 1.82) is 0 Å². The second kappa shape index (κ2) is 17.9. The van der Waals surface area contributed by atoms with Gasteiger partial charge in [0.2, 0.25) is 0 Å². The van der Waals surface area contributed by atoms with Crippen LogP contribution in [-0.2, 0) is 35.8 Å². The fraction of sp³-hybridized carbons (Fsp3) is 0.182. The zero-order chi connectivity index (χ0) is 28.8. The van der Waals surface area contributed by atoms with Crippen LogP contribution in [0.25, 0.3) is 11.1 Å². The van der Waals surface area contributed by atoms with Crippen LogP contribution in [-0.4, -0.2) is 18.5 Å². The zero-order valence-corrected chi connectivity index (χ0v) is 24.6. The van der Waals surface area contributed by atoms with Crippen LogP contribution < -0.4 is 10.6 Å². The van der Waals surface area contributed by atoms with Crippen LogP contribution in [0.2, 0.25) is 0 Å². The standard InChI is InChI=1S/C30H29NOP.3CO.Mn/c1-30(2,3)28-21-32-29(31-28)25-18-12-20-27(25)33(23-15-8-5-9-16-23)26-19-11-10-17-24(26)22-13-6-4-7-14-22;3*1-2;/h4-20,28H,21H2,1-3H3;;;;/t28-,33+;;;;/m0..../s1. The molecule has 7 heteroatoms. The summed E-state index contributed by atoms with van der Waals surface area (Å²) in [6.45, 7) is 20.8. The van der Waals surface area contributed by atoms with Crippen LogP contribution in [0.15, 0.2) is 89.9 Å². The zero-order valence-electron chi connectivity index (χ0n) is 22.5. The Balaban J connectivity index is 0.00000107. The summed E-state index contributed by atoms with van der Waals surface area (Å²) in [5, 5.41) is 2.68. The second-order valence-corrected chi connectivity index (χ2v) is 11.7. The molecule has 0 N–H and O–H groups in total. The summed E-state index contributed by atoms with van der Waals surface area (Å²) in [7, 11) is -0.793. The molecule has 0 bridgehead atoms. The number of aliphatic imine (C=N–C) groups is 1. The number of benzene rings is 3. The van der Waals surface area contributed by atoms with E-state index in [2.05, 4.69) is 145 Å². The van der Waals surface area contributed by atoms with Gasteiger partial charge in [-0.05, 0) is 54.3 Å². The summed E-state index contributed by atoms with van der Waals surface area (Å²) in [5.41, 5.74) is 3.90. The summed E-state index contributed by atoms with van der Waals surface area (Å²) < 4.78 is 28.7. The van der Waals surface area contributed by atoms with Gasteiger partial charge in [-0.15, -0.1) is 0 Å². The van der Waals surface area contributed by atoms with E-state index in [0.29, 0.717) is 6.61 Å². The van der Waals surface area contributed by atoms with Crippen molar-refractivity contribution in [3.8, 4) is 11.1 Å². The molecule has 2 aliphatic rings. The van der Waals surface area contributed by atoms with Gasteiger partial charge in [-0.3, -0.25) is 0 Å². The Hall–Kier alpha value is -2.70. The van der Waals surface area contributed by atoms with Gasteiger partial charge in [0.15, 0.2) is 5.90 Å². The van der Waals surface area contributed by atoms with Crippen molar-refractivity contribution in [3.05, 3.63) is 136 Å². The van der Waals surface area contributed by atoms with E-state index in [1.165, 1.54) is 27.4 Å². The van der Waals surface area contributed by atoms with E-state index in [4.69, 9.17) is 23.7 Å². The summed E-state index contributed by atoms with van der Waals surface area (Å²) in [5.74, 6) is 1.91. The predicted octanol–water partition coefficient (Wildman–Crippen LogP) is 6.25. The molecule has 1 heterocycles. The van der Waals surface area contributed by atoms with Gasteiger partial charge in [-0.2, -0.15) is 0 Å². The van der Waals surface area contributed by atoms with Crippen molar-refractivity contribution >= 4 is 24.4 Å². The van der Waals surface area contributed by atoms with E-state index < -0.39 is 7.92 Å². The van der Waals surface area contributed by atoms with Crippen LogP contribution in [0.1, 0.15) is 20.8 Å². The second-order valence-electron chi connectivity index (χ2n) is 9.51. The summed E-state index contributed by atoms with van der Waals surface area (Å²) in [6, 6.07) is 30.5. The van der Waals surface area contributed by atoms with Crippen molar-refractivity contribution < 1.29 is 35.8 Å². The van der Waals surface area contributed by atoms with E-state index in [-0.39, 0.29) is 28.5 Å². The Labute approximate surface area is 250 Å². The fourth-order valence-electron chi connectivity index (χ4n) is 4.27. The third-order valence-electron chi connectivity index (χ3n) is 6.16. The van der Waals surface area contributed by atoms with Gasteiger partial charge in [0, 0.05) is 22.7 Å². The molecule has 3 aromatic rings. The van der Waals surface area contributed by atoms with E-state index in [1.807, 2.05) is 0 Å². The molecule has 1 fully saturated rings. The van der Waals surface area contributed by atoms with Gasteiger partial charge in [-0.25, -0.2) is 4.99 Å². The Morgan fingerprint density at radius 2 is 1.32 bits per heavy atom. The Morgan fingerprint density at radius 3 is 1.90 bits per heavy atom. The molecule has 1 aliphatic carbocycles. The molecule has 0 amide bonds. The maximum Gasteiger partial charge on any atom is 0 e. The third kappa shape index (κ3) is 8.65. The first kappa shape index (κ1) is 35.3. The van der Waals surface area contributed by atoms with E-state index in [0.717, 1.165) is 11.8 Å². The molecule has 5 nitrogen and oxygen atoms in total. The van der Waals surface area contributed by atoms with Gasteiger partial charge in [0.25, 0.3) is 0 Å². The first-order valence-corrected chi connectivity index (χ1v) is 13.4. The molecule has 6 radical (unpaired) electrons. The number of rotatable bonds is 5. The molecule has 0 unspecified atom stereocenters. The van der Waals surface area contributed by atoms with Gasteiger partial charge < -0.3 is 4.74 Å². The van der Waals surface area contributed by atoms with Gasteiger partial charge in [-0.1, -0.05) is 106 Å². The monoisotopic (exact) mass is 589 g/mol. The van der Waals surface area contributed by atoms with Crippen molar-refractivity contribution in [1.82, 2.24) is 0 Å². The number of hydrogen-bond donors (Lipinski definition) is 0. The Kier molecular flexibility index (Phi) is 15.8. The Morgan fingerprint density at radius 1 is 0.775 bits per heavy atom. The van der Waals surface area contributed by atoms with Crippen LogP contribution >= 0.6 is 7.92 Å². The molecule has 0 saturated heterocycles. The summed E-state index contributed by atoms with van der Waals surface area (Å²) >= 11 is 0. The molecule has 1 aliphatic heterocycles. The largest absolute Gasteiger partial charge is 0 e. The molecule has 5 rings (SSSR count). The molecular weight excluding hydrogens is 560 g/mol. The first-order valence-electron chi connectivity index (χ1n) is 12.1. The van der Waals surface area contributed by atoms with Crippen LogP contribution in [0, 0.1) is 56.2 Å². The fourth-order valence-corrected chi connectivity index (χ4v) is 6.88. The van der Waals surface area contributed by atoms with Crippen molar-refractivity contribution in [2.75, 3.05) is 6.61 Å². The Bertz CT molecular complexity index is 1240. The average Bonchev–Trinajstić information content (AvgIpc) is 3.68. The molecular formula is C33H29MnNO4P. The molecule has 40 heavy (non-hydrogen) atoms. The topological polar surface area (TPSA) is 81.3 Å². The normalized spacial score (nSPS) is 17.0. The van der Waals surface area contributed by atoms with Gasteiger partial charge >= 0.3 is 33.9 Å². The van der Waals surface area contributed by atoms with Gasteiger partial charge in [0.1, 0.15) is 6.61 Å². The predicted molar refractivity (Wildman–Crippen MR) is 152 cm³/mol. The minimum Gasteiger partial charge on any atom is 0 e. The summed E-state index contributed by atoms with van der Waals surface area (Å²) in [6.07, 6.45) is 6.57. The van der Waals surface area contributed by atoms with Crippen LogP contribution in [0.3, 0.4) is 0 Å².